The van der Waals surface area contributed by atoms with E-state index >= 15 is 0 Å². The summed E-state index contributed by atoms with van der Waals surface area (Å²) in [5, 5.41) is 0. The minimum Gasteiger partial charge on any atom is -0.490 e. The molecular formula is C22H22N2O5S. The molecule has 4 rings (SSSR count). The maximum Gasteiger partial charge on any atom is 0.241 e. The van der Waals surface area contributed by atoms with Crippen LogP contribution in [0.5, 0.6) is 17.2 Å². The minimum atomic E-state index is -3.71. The zero-order valence-electron chi connectivity index (χ0n) is 16.3. The molecule has 0 aliphatic carbocycles. The smallest absolute Gasteiger partial charge is 0.241 e. The lowest BCUT2D eigenvalue weighted by atomic mass is 10.2. The van der Waals surface area contributed by atoms with Crippen molar-refractivity contribution in [2.75, 3.05) is 13.2 Å². The topological polar surface area (TPSA) is 86.8 Å². The van der Waals surface area contributed by atoms with E-state index in [4.69, 9.17) is 14.2 Å². The van der Waals surface area contributed by atoms with Gasteiger partial charge in [0, 0.05) is 25.2 Å². The molecule has 2 heterocycles. The Balaban J connectivity index is 1.41. The van der Waals surface area contributed by atoms with Gasteiger partial charge in [-0.2, -0.15) is 0 Å². The van der Waals surface area contributed by atoms with Crippen molar-refractivity contribution in [1.29, 1.82) is 0 Å². The Morgan fingerprint density at radius 2 is 1.83 bits per heavy atom. The fraction of sp³-hybridized carbons (Fsp3) is 0.227. The van der Waals surface area contributed by atoms with E-state index in [0.717, 1.165) is 17.7 Å². The van der Waals surface area contributed by atoms with E-state index in [1.54, 1.807) is 18.3 Å². The zero-order chi connectivity index (χ0) is 20.8. The van der Waals surface area contributed by atoms with Gasteiger partial charge in [0.2, 0.25) is 10.0 Å². The second-order valence-electron chi connectivity index (χ2n) is 6.74. The number of rotatable bonds is 7. The van der Waals surface area contributed by atoms with Gasteiger partial charge in [0.25, 0.3) is 0 Å². The molecule has 0 unspecified atom stereocenters. The lowest BCUT2D eigenvalue weighted by Gasteiger charge is -2.11. The van der Waals surface area contributed by atoms with E-state index in [-0.39, 0.29) is 11.4 Å². The first-order valence-electron chi connectivity index (χ1n) is 9.61. The molecule has 7 nitrogen and oxygen atoms in total. The van der Waals surface area contributed by atoms with Crippen molar-refractivity contribution in [3.8, 4) is 17.2 Å². The summed E-state index contributed by atoms with van der Waals surface area (Å²) in [6, 6.07) is 17.6. The van der Waals surface area contributed by atoms with E-state index in [9.17, 15) is 8.42 Å². The molecule has 0 atom stereocenters. The van der Waals surface area contributed by atoms with Crippen LogP contribution >= 0.6 is 0 Å². The van der Waals surface area contributed by atoms with Crippen LogP contribution in [0.15, 0.2) is 71.8 Å². The van der Waals surface area contributed by atoms with Crippen LogP contribution in [0, 0.1) is 0 Å². The van der Waals surface area contributed by atoms with Crippen LogP contribution in [0.1, 0.15) is 17.7 Å². The average molecular weight is 426 g/mol. The van der Waals surface area contributed by atoms with Gasteiger partial charge in [0.15, 0.2) is 11.5 Å². The Morgan fingerprint density at radius 1 is 0.967 bits per heavy atom. The summed E-state index contributed by atoms with van der Waals surface area (Å²) in [5.74, 6) is 1.65. The van der Waals surface area contributed by atoms with Gasteiger partial charge in [0.1, 0.15) is 12.4 Å². The molecule has 0 radical (unpaired) electrons. The monoisotopic (exact) mass is 426 g/mol. The van der Waals surface area contributed by atoms with E-state index < -0.39 is 10.0 Å². The fourth-order valence-corrected chi connectivity index (χ4v) is 3.99. The van der Waals surface area contributed by atoms with Crippen LogP contribution in [-0.2, 0) is 23.2 Å². The number of nitrogens with one attached hydrogen (secondary N) is 1. The number of hydrogen-bond donors (Lipinski definition) is 1. The molecular weight excluding hydrogens is 404 g/mol. The molecule has 2 aromatic carbocycles. The molecule has 0 fully saturated rings. The highest BCUT2D eigenvalue weighted by Crippen LogP contribution is 2.31. The second kappa shape index (κ2) is 9.15. The fourth-order valence-electron chi connectivity index (χ4n) is 2.96. The van der Waals surface area contributed by atoms with Crippen molar-refractivity contribution < 1.29 is 22.6 Å². The van der Waals surface area contributed by atoms with Gasteiger partial charge in [-0.25, -0.2) is 13.1 Å². The zero-order valence-corrected chi connectivity index (χ0v) is 17.1. The molecule has 156 valence electrons. The quantitative estimate of drug-likeness (QED) is 0.624. The van der Waals surface area contributed by atoms with Crippen LogP contribution in [-0.4, -0.2) is 26.6 Å². The Kier molecular flexibility index (Phi) is 6.15. The molecule has 0 saturated heterocycles. The predicted molar refractivity (Wildman–Crippen MR) is 111 cm³/mol. The van der Waals surface area contributed by atoms with E-state index in [1.807, 2.05) is 36.4 Å². The van der Waals surface area contributed by atoms with Crippen molar-refractivity contribution >= 4 is 10.0 Å². The summed E-state index contributed by atoms with van der Waals surface area (Å²) in [5.41, 5.74) is 1.60. The van der Waals surface area contributed by atoms with Crippen molar-refractivity contribution in [2.24, 2.45) is 0 Å². The lowest BCUT2D eigenvalue weighted by molar-refractivity contribution is 0.297. The molecule has 0 saturated carbocycles. The minimum absolute atomic E-state index is 0.134. The highest BCUT2D eigenvalue weighted by molar-refractivity contribution is 7.89. The van der Waals surface area contributed by atoms with E-state index in [2.05, 4.69) is 9.71 Å². The number of nitrogens with zero attached hydrogens (tertiary/aromatic N) is 1. The normalized spacial score (nSPS) is 13.5. The van der Waals surface area contributed by atoms with Gasteiger partial charge in [-0.15, -0.1) is 0 Å². The number of benzene rings is 2. The van der Waals surface area contributed by atoms with E-state index in [1.165, 1.54) is 12.1 Å². The predicted octanol–water partition coefficient (Wildman–Crippen LogP) is 3.30. The summed E-state index contributed by atoms with van der Waals surface area (Å²) < 4.78 is 45.0. The van der Waals surface area contributed by atoms with Gasteiger partial charge in [-0.3, -0.25) is 4.98 Å². The van der Waals surface area contributed by atoms with Gasteiger partial charge in [-0.05, 0) is 42.0 Å². The van der Waals surface area contributed by atoms with Crippen LogP contribution in [0.25, 0.3) is 0 Å². The number of hydrogen-bond acceptors (Lipinski definition) is 6. The van der Waals surface area contributed by atoms with Crippen molar-refractivity contribution in [3.63, 3.8) is 0 Å². The third-order valence-electron chi connectivity index (χ3n) is 4.51. The molecule has 1 aliphatic heterocycles. The first kappa shape index (κ1) is 20.2. The SMILES string of the molecule is O=S(=O)(NCc1cccc(OCc2ccccn2)c1)c1ccc2c(c1)OCCCO2. The van der Waals surface area contributed by atoms with Crippen molar-refractivity contribution in [1.82, 2.24) is 9.71 Å². The van der Waals surface area contributed by atoms with Gasteiger partial charge < -0.3 is 14.2 Å². The number of fused-ring (bicyclic) bond motifs is 1. The maximum atomic E-state index is 12.7. The molecule has 8 heteroatoms. The third-order valence-corrected chi connectivity index (χ3v) is 5.91. The van der Waals surface area contributed by atoms with Crippen LogP contribution < -0.4 is 18.9 Å². The van der Waals surface area contributed by atoms with Crippen LogP contribution in [0.4, 0.5) is 0 Å². The van der Waals surface area contributed by atoms with Gasteiger partial charge in [0.05, 0.1) is 23.8 Å². The summed E-state index contributed by atoms with van der Waals surface area (Å²) in [6.07, 6.45) is 2.47. The largest absolute Gasteiger partial charge is 0.490 e. The molecule has 1 aliphatic rings. The average Bonchev–Trinajstić information content (AvgIpc) is 3.02. The van der Waals surface area contributed by atoms with Gasteiger partial charge >= 0.3 is 0 Å². The van der Waals surface area contributed by atoms with Crippen molar-refractivity contribution in [3.05, 3.63) is 78.1 Å². The summed E-state index contributed by atoms with van der Waals surface area (Å²) in [4.78, 5) is 4.35. The number of aromatic nitrogens is 1. The number of sulfonamides is 1. The van der Waals surface area contributed by atoms with E-state index in [0.29, 0.717) is 37.1 Å². The maximum absolute atomic E-state index is 12.7. The third kappa shape index (κ3) is 5.08. The van der Waals surface area contributed by atoms with Gasteiger partial charge in [-0.1, -0.05) is 18.2 Å². The first-order chi connectivity index (χ1) is 14.6. The first-order valence-corrected chi connectivity index (χ1v) is 11.1. The van der Waals surface area contributed by atoms with Crippen molar-refractivity contribution in [2.45, 2.75) is 24.5 Å². The second-order valence-corrected chi connectivity index (χ2v) is 8.51. The Bertz CT molecular complexity index is 1100. The Labute approximate surface area is 175 Å². The molecule has 30 heavy (non-hydrogen) atoms. The molecule has 1 aromatic heterocycles. The Hall–Kier alpha value is -3.10. The molecule has 0 bridgehead atoms. The number of ether oxygens (including phenoxy) is 3. The highest BCUT2D eigenvalue weighted by Gasteiger charge is 2.18. The number of pyridine rings is 1. The lowest BCUT2D eigenvalue weighted by Crippen LogP contribution is -2.23. The molecule has 0 spiro atoms. The summed E-state index contributed by atoms with van der Waals surface area (Å²) >= 11 is 0. The standard InChI is InChI=1S/C22H22N2O5S/c25-30(26,20-8-9-21-22(14-20)28-12-4-11-27-21)24-15-17-5-3-7-19(13-17)29-16-18-6-1-2-10-23-18/h1-3,5-10,13-14,24H,4,11-12,15-16H2. The molecule has 0 amide bonds. The molecule has 3 aromatic rings. The summed E-state index contributed by atoms with van der Waals surface area (Å²) in [7, 11) is -3.71. The van der Waals surface area contributed by atoms with Crippen LogP contribution in [0.3, 0.4) is 0 Å². The van der Waals surface area contributed by atoms with Crippen LogP contribution in [0.2, 0.25) is 0 Å². The highest BCUT2D eigenvalue weighted by atomic mass is 32.2. The molecule has 1 N–H and O–H groups in total. The Morgan fingerprint density at radius 3 is 2.67 bits per heavy atom. The summed E-state index contributed by atoms with van der Waals surface area (Å²) in [6.45, 7) is 1.52.